The van der Waals surface area contributed by atoms with E-state index < -0.39 is 26.9 Å². The van der Waals surface area contributed by atoms with Gasteiger partial charge in [0.05, 0.1) is 42.0 Å². The van der Waals surface area contributed by atoms with Crippen molar-refractivity contribution in [3.05, 3.63) is 60.6 Å². The lowest BCUT2D eigenvalue weighted by molar-refractivity contribution is 0.0985. The van der Waals surface area contributed by atoms with Gasteiger partial charge >= 0.3 is 6.03 Å². The third-order valence-electron chi connectivity index (χ3n) is 7.77. The molecule has 1 saturated carbocycles. The molecule has 3 heterocycles. The number of aromatic nitrogens is 3. The highest BCUT2D eigenvalue weighted by Crippen LogP contribution is 2.71. The van der Waals surface area contributed by atoms with Crippen molar-refractivity contribution < 1.29 is 23.7 Å². The maximum absolute atomic E-state index is 12.4. The minimum absolute atomic E-state index is 0.0884. The molecule has 41 heavy (non-hydrogen) atoms. The summed E-state index contributed by atoms with van der Waals surface area (Å²) in [5.41, 5.74) is 1.15. The van der Waals surface area contributed by atoms with E-state index in [0.29, 0.717) is 60.5 Å². The van der Waals surface area contributed by atoms with Gasteiger partial charge in [0.1, 0.15) is 10.6 Å². The normalized spacial score (nSPS) is 19.3. The zero-order chi connectivity index (χ0) is 29.3. The van der Waals surface area contributed by atoms with Gasteiger partial charge in [-0.1, -0.05) is 0 Å². The number of rotatable bonds is 8. The van der Waals surface area contributed by atoms with E-state index in [0.717, 1.165) is 12.0 Å². The average Bonchev–Trinajstić information content (AvgIpc) is 2.93. The SMILES string of the molecule is C[C@H]1COCCN1c1cc(C2(S(O)(O)c3ccncc3)CCC2)nc(-c2ccc(NC(=O)NC(C)(C)CO)cc2)n1. The predicted octanol–water partition coefficient (Wildman–Crippen LogP) is 4.85. The number of benzene rings is 1. The van der Waals surface area contributed by atoms with Crippen molar-refractivity contribution in [3.8, 4) is 11.4 Å². The zero-order valence-electron chi connectivity index (χ0n) is 23.6. The van der Waals surface area contributed by atoms with Crippen LogP contribution >= 0.6 is 10.6 Å². The van der Waals surface area contributed by atoms with Crippen LogP contribution in [0.2, 0.25) is 0 Å². The number of pyridine rings is 1. The Morgan fingerprint density at radius 3 is 2.46 bits per heavy atom. The van der Waals surface area contributed by atoms with Crippen LogP contribution in [0.15, 0.2) is 59.8 Å². The highest BCUT2D eigenvalue weighted by atomic mass is 32.3. The molecule has 1 aliphatic carbocycles. The largest absolute Gasteiger partial charge is 0.394 e. The maximum Gasteiger partial charge on any atom is 0.319 e. The van der Waals surface area contributed by atoms with Crippen molar-refractivity contribution in [2.45, 2.75) is 61.3 Å². The van der Waals surface area contributed by atoms with Crippen LogP contribution in [0.25, 0.3) is 11.4 Å². The standard InChI is InChI=1S/C29H38N6O5S/c1-20-18-40-16-15-35(20)25-17-24(29(11-4-12-29)41(38,39)23-9-13-30-14-10-23)32-26(33-25)21-5-7-22(8-6-21)31-27(37)34-28(2,3)19-36/h5-10,13-14,17,20,36,38-39H,4,11-12,15-16,18-19H2,1-3H3,(H2,31,34,37)/t20-/m0/s1. The Morgan fingerprint density at radius 2 is 1.85 bits per heavy atom. The average molecular weight is 583 g/mol. The molecule has 1 aromatic carbocycles. The Hall–Kier alpha value is -3.29. The minimum atomic E-state index is -3.26. The predicted molar refractivity (Wildman–Crippen MR) is 159 cm³/mol. The van der Waals surface area contributed by atoms with E-state index in [-0.39, 0.29) is 12.6 Å². The number of aliphatic hydroxyl groups is 1. The van der Waals surface area contributed by atoms with E-state index in [2.05, 4.69) is 27.4 Å². The molecule has 12 heteroatoms. The lowest BCUT2D eigenvalue weighted by Gasteiger charge is -2.55. The van der Waals surface area contributed by atoms with Crippen LogP contribution in [0.5, 0.6) is 0 Å². The number of urea groups is 1. The summed E-state index contributed by atoms with van der Waals surface area (Å²) in [7, 11) is -3.26. The number of amides is 2. The fourth-order valence-corrected chi connectivity index (χ4v) is 7.37. The van der Waals surface area contributed by atoms with Gasteiger partial charge in [-0.2, -0.15) is 10.6 Å². The molecule has 5 N–H and O–H groups in total. The fourth-order valence-electron chi connectivity index (χ4n) is 5.16. The molecule has 1 atom stereocenters. The summed E-state index contributed by atoms with van der Waals surface area (Å²) >= 11 is 0. The van der Waals surface area contributed by atoms with E-state index >= 15 is 0 Å². The van der Waals surface area contributed by atoms with Crippen molar-refractivity contribution >= 4 is 28.1 Å². The van der Waals surface area contributed by atoms with Gasteiger partial charge in [0.15, 0.2) is 5.82 Å². The number of morpholine rings is 1. The lowest BCUT2D eigenvalue weighted by atomic mass is 9.81. The number of hydrogen-bond donors (Lipinski definition) is 5. The van der Waals surface area contributed by atoms with Crippen LogP contribution in [-0.4, -0.2) is 73.1 Å². The van der Waals surface area contributed by atoms with Gasteiger partial charge in [0.2, 0.25) is 0 Å². The van der Waals surface area contributed by atoms with Gasteiger partial charge in [-0.3, -0.25) is 14.1 Å². The topological polar surface area (TPSA) is 153 Å². The van der Waals surface area contributed by atoms with Crippen molar-refractivity contribution in [2.75, 3.05) is 36.6 Å². The summed E-state index contributed by atoms with van der Waals surface area (Å²) in [6, 6.07) is 12.1. The van der Waals surface area contributed by atoms with E-state index in [1.165, 1.54) is 0 Å². The fraction of sp³-hybridized carbons (Fsp3) is 0.448. The number of aliphatic hydroxyl groups excluding tert-OH is 1. The quantitative estimate of drug-likeness (QED) is 0.251. The summed E-state index contributed by atoms with van der Waals surface area (Å²) in [5.74, 6) is 1.18. The van der Waals surface area contributed by atoms with Gasteiger partial charge < -0.3 is 25.4 Å². The monoisotopic (exact) mass is 582 g/mol. The van der Waals surface area contributed by atoms with Crippen LogP contribution < -0.4 is 15.5 Å². The number of carbonyl (C=O) groups is 1. The smallest absolute Gasteiger partial charge is 0.319 e. The van der Waals surface area contributed by atoms with Crippen LogP contribution in [0.3, 0.4) is 0 Å². The van der Waals surface area contributed by atoms with Crippen molar-refractivity contribution in [3.63, 3.8) is 0 Å². The number of anilines is 2. The van der Waals surface area contributed by atoms with E-state index in [1.807, 2.05) is 18.2 Å². The molecular formula is C29H38N6O5S. The molecule has 0 spiro atoms. The second-order valence-electron chi connectivity index (χ2n) is 11.3. The second kappa shape index (κ2) is 11.5. The molecule has 3 aromatic rings. The Bertz CT molecular complexity index is 1370. The number of nitrogens with one attached hydrogen (secondary N) is 2. The summed E-state index contributed by atoms with van der Waals surface area (Å²) in [6.07, 6.45) is 5.19. The van der Waals surface area contributed by atoms with Crippen molar-refractivity contribution in [2.24, 2.45) is 0 Å². The molecule has 0 bridgehead atoms. The summed E-state index contributed by atoms with van der Waals surface area (Å²) in [5, 5.41) is 14.9. The first-order chi connectivity index (χ1) is 19.5. The third-order valence-corrected chi connectivity index (χ3v) is 10.4. The molecule has 0 radical (unpaired) electrons. The minimum Gasteiger partial charge on any atom is -0.394 e. The van der Waals surface area contributed by atoms with Crippen LogP contribution in [-0.2, 0) is 9.48 Å². The summed E-state index contributed by atoms with van der Waals surface area (Å²) in [4.78, 5) is 28.9. The molecular weight excluding hydrogens is 544 g/mol. The van der Waals surface area contributed by atoms with E-state index in [1.54, 1.807) is 50.5 Å². The Morgan fingerprint density at radius 1 is 1.15 bits per heavy atom. The molecule has 2 aromatic heterocycles. The molecule has 0 unspecified atom stereocenters. The van der Waals surface area contributed by atoms with Gasteiger partial charge in [0.25, 0.3) is 0 Å². The Kier molecular flexibility index (Phi) is 8.22. The molecule has 1 saturated heterocycles. The number of carbonyl (C=O) groups excluding carboxylic acids is 1. The summed E-state index contributed by atoms with van der Waals surface area (Å²) in [6.45, 7) is 7.15. The van der Waals surface area contributed by atoms with Gasteiger partial charge in [-0.15, -0.1) is 0 Å². The summed E-state index contributed by atoms with van der Waals surface area (Å²) < 4.78 is 28.1. The maximum atomic E-state index is 12.4. The molecule has 1 aliphatic heterocycles. The van der Waals surface area contributed by atoms with Crippen molar-refractivity contribution in [1.29, 1.82) is 0 Å². The Balaban J connectivity index is 1.52. The van der Waals surface area contributed by atoms with Gasteiger partial charge in [0, 0.05) is 36.3 Å². The number of ether oxygens (including phenoxy) is 1. The van der Waals surface area contributed by atoms with Crippen LogP contribution in [0.4, 0.5) is 16.3 Å². The number of hydrogen-bond acceptors (Lipinski definition) is 9. The zero-order valence-corrected chi connectivity index (χ0v) is 24.4. The first-order valence-corrected chi connectivity index (χ1v) is 15.3. The molecule has 2 aliphatic rings. The first-order valence-electron chi connectivity index (χ1n) is 13.8. The van der Waals surface area contributed by atoms with E-state index in [9.17, 15) is 19.0 Å². The third kappa shape index (κ3) is 5.88. The second-order valence-corrected chi connectivity index (χ2v) is 13.7. The van der Waals surface area contributed by atoms with Gasteiger partial charge in [-0.25, -0.2) is 14.8 Å². The molecule has 2 amide bonds. The van der Waals surface area contributed by atoms with E-state index in [4.69, 9.17) is 14.7 Å². The van der Waals surface area contributed by atoms with Crippen molar-refractivity contribution in [1.82, 2.24) is 20.3 Å². The van der Waals surface area contributed by atoms with Crippen LogP contribution in [0.1, 0.15) is 45.7 Å². The number of nitrogens with zero attached hydrogens (tertiary/aromatic N) is 4. The molecule has 11 nitrogen and oxygen atoms in total. The lowest BCUT2D eigenvalue weighted by Crippen LogP contribution is -2.48. The highest BCUT2D eigenvalue weighted by Gasteiger charge is 2.52. The Labute approximate surface area is 241 Å². The van der Waals surface area contributed by atoms with Gasteiger partial charge in [-0.05, 0) is 76.4 Å². The highest BCUT2D eigenvalue weighted by molar-refractivity contribution is 8.25. The molecule has 220 valence electrons. The molecule has 2 fully saturated rings. The first kappa shape index (κ1) is 29.2. The molecule has 5 rings (SSSR count). The van der Waals surface area contributed by atoms with Crippen LogP contribution in [0, 0.1) is 0 Å².